The number of hydrogen-bond donors (Lipinski definition) is 1. The number of aromatic amines is 1. The summed E-state index contributed by atoms with van der Waals surface area (Å²) >= 11 is 0. The predicted molar refractivity (Wildman–Crippen MR) is 115 cm³/mol. The minimum Gasteiger partial charge on any atom is -0.353 e. The van der Waals surface area contributed by atoms with E-state index < -0.39 is 0 Å². The Balaban J connectivity index is 1.79. The summed E-state index contributed by atoms with van der Waals surface area (Å²) in [5.41, 5.74) is 9.25. The van der Waals surface area contributed by atoms with Crippen LogP contribution in [0.25, 0.3) is 33.3 Å². The molecular weight excluding hydrogens is 340 g/mol. The van der Waals surface area contributed by atoms with E-state index >= 15 is 0 Å². The Morgan fingerprint density at radius 3 is 2.18 bits per heavy atom. The van der Waals surface area contributed by atoms with Crippen LogP contribution in [-0.4, -0.2) is 4.98 Å². The highest BCUT2D eigenvalue weighted by atomic mass is 15.2. The zero-order chi connectivity index (χ0) is 18.5. The molecule has 0 radical (unpaired) electrons. The second-order valence-electron chi connectivity index (χ2n) is 6.97. The molecule has 28 heavy (non-hydrogen) atoms. The van der Waals surface area contributed by atoms with Crippen molar-refractivity contribution in [3.8, 4) is 22.4 Å². The molecule has 0 amide bonds. The lowest BCUT2D eigenvalue weighted by Gasteiger charge is -2.27. The van der Waals surface area contributed by atoms with Gasteiger partial charge < -0.3 is 9.88 Å². The number of anilines is 3. The number of hydrogen-bond acceptors (Lipinski definition) is 1. The number of benzene rings is 3. The van der Waals surface area contributed by atoms with Crippen LogP contribution >= 0.6 is 0 Å². The predicted octanol–water partition coefficient (Wildman–Crippen LogP) is 6.89. The molecule has 2 heteroatoms. The third kappa shape index (κ3) is 2.05. The fraction of sp³-hybridized carbons (Fsp3) is 0. The summed E-state index contributed by atoms with van der Waals surface area (Å²) in [4.78, 5) is 5.99. The van der Waals surface area contributed by atoms with Crippen molar-refractivity contribution in [2.45, 2.75) is 0 Å². The van der Waals surface area contributed by atoms with E-state index in [1.54, 1.807) is 0 Å². The molecule has 2 nitrogen and oxygen atoms in total. The first-order chi connectivity index (χ1) is 13.9. The molecule has 130 valence electrons. The molecule has 1 aromatic heterocycles. The molecule has 0 atom stereocenters. The summed E-state index contributed by atoms with van der Waals surface area (Å²) in [6.07, 6.45) is 0. The average molecular weight is 356 g/mol. The molecular formula is C26H16N2. The molecule has 0 saturated heterocycles. The van der Waals surface area contributed by atoms with E-state index in [0.29, 0.717) is 0 Å². The second kappa shape index (κ2) is 5.77. The van der Waals surface area contributed by atoms with Gasteiger partial charge in [0.15, 0.2) is 0 Å². The van der Waals surface area contributed by atoms with Crippen molar-refractivity contribution >= 4 is 28.0 Å². The maximum absolute atomic E-state index is 3.65. The number of aromatic nitrogens is 1. The van der Waals surface area contributed by atoms with Gasteiger partial charge in [0.2, 0.25) is 0 Å². The summed E-state index contributed by atoms with van der Waals surface area (Å²) in [7, 11) is 0. The Bertz CT molecular complexity index is 1310. The molecule has 6 rings (SSSR count). The third-order valence-electron chi connectivity index (χ3n) is 5.40. The van der Waals surface area contributed by atoms with E-state index in [-0.39, 0.29) is 0 Å². The van der Waals surface area contributed by atoms with E-state index in [2.05, 4.69) is 107 Å². The molecule has 1 aliphatic rings. The molecule has 4 aromatic carbocycles. The smallest absolute Gasteiger partial charge is 0.0584 e. The lowest BCUT2D eigenvalue weighted by molar-refractivity contribution is 1.29. The molecule has 0 aliphatic carbocycles. The van der Waals surface area contributed by atoms with Gasteiger partial charge in [0.25, 0.3) is 0 Å². The maximum Gasteiger partial charge on any atom is 0.0584 e. The normalized spacial score (nSPS) is 11.9. The Morgan fingerprint density at radius 1 is 0.679 bits per heavy atom. The molecule has 0 spiro atoms. The lowest BCUT2D eigenvalue weighted by Crippen LogP contribution is -2.10. The van der Waals surface area contributed by atoms with Gasteiger partial charge >= 0.3 is 0 Å². The summed E-state index contributed by atoms with van der Waals surface area (Å²) in [6.45, 7) is 0. The zero-order valence-corrected chi connectivity index (χ0v) is 15.1. The lowest BCUT2D eigenvalue weighted by atomic mass is 9.99. The standard InChI is InChI=1S/C26H16N2/c1-2-10-18(11-3-1)28-23-16-8-5-13-20(23)25-19-12-4-7-15-22(19)27-26(25)21-14-6-9-17-24(21)28/h1-3,5-11,13-17,27H. The topological polar surface area (TPSA) is 19.0 Å². The third-order valence-corrected chi connectivity index (χ3v) is 5.40. The highest BCUT2D eigenvalue weighted by Crippen LogP contribution is 2.51. The highest BCUT2D eigenvalue weighted by molar-refractivity contribution is 6.11. The van der Waals surface area contributed by atoms with Crippen molar-refractivity contribution in [1.29, 1.82) is 0 Å². The van der Waals surface area contributed by atoms with Gasteiger partial charge in [-0.2, -0.15) is 0 Å². The Morgan fingerprint density at radius 2 is 1.36 bits per heavy atom. The van der Waals surface area contributed by atoms with Crippen LogP contribution in [0.15, 0.2) is 91.0 Å². The van der Waals surface area contributed by atoms with Gasteiger partial charge in [-0.1, -0.05) is 66.7 Å². The van der Waals surface area contributed by atoms with Crippen LogP contribution in [0.2, 0.25) is 0 Å². The van der Waals surface area contributed by atoms with Crippen molar-refractivity contribution in [1.82, 2.24) is 4.98 Å². The number of para-hydroxylation sites is 3. The first-order valence-corrected chi connectivity index (χ1v) is 9.40. The number of H-pyrrole nitrogens is 1. The van der Waals surface area contributed by atoms with Gasteiger partial charge in [0, 0.05) is 22.4 Å². The van der Waals surface area contributed by atoms with Crippen LogP contribution in [0.4, 0.5) is 17.1 Å². The molecule has 5 aromatic rings. The van der Waals surface area contributed by atoms with E-state index in [1.165, 1.54) is 16.7 Å². The van der Waals surface area contributed by atoms with Crippen LogP contribution in [0.3, 0.4) is 0 Å². The zero-order valence-electron chi connectivity index (χ0n) is 15.1. The van der Waals surface area contributed by atoms with Gasteiger partial charge in [0.1, 0.15) is 0 Å². The van der Waals surface area contributed by atoms with Crippen LogP contribution < -0.4 is 4.90 Å². The van der Waals surface area contributed by atoms with Gasteiger partial charge in [-0.25, -0.2) is 0 Å². The van der Waals surface area contributed by atoms with Crippen molar-refractivity contribution in [2.24, 2.45) is 0 Å². The maximum atomic E-state index is 3.65. The van der Waals surface area contributed by atoms with Crippen LogP contribution in [0.5, 0.6) is 0 Å². The number of nitrogens with one attached hydrogen (secondary N) is 1. The van der Waals surface area contributed by atoms with Crippen molar-refractivity contribution in [3.05, 3.63) is 103 Å². The quantitative estimate of drug-likeness (QED) is 0.340. The van der Waals surface area contributed by atoms with E-state index in [1.807, 2.05) is 6.07 Å². The summed E-state index contributed by atoms with van der Waals surface area (Å²) in [5.74, 6) is 0. The Hall–Kier alpha value is -3.96. The van der Waals surface area contributed by atoms with Gasteiger partial charge in [-0.3, -0.25) is 0 Å². The Kier molecular flexibility index (Phi) is 3.12. The van der Waals surface area contributed by atoms with E-state index in [4.69, 9.17) is 0 Å². The molecule has 0 fully saturated rings. The first kappa shape index (κ1) is 15.1. The van der Waals surface area contributed by atoms with E-state index in [9.17, 15) is 0 Å². The average Bonchev–Trinajstić information content (AvgIpc) is 3.09. The summed E-state index contributed by atoms with van der Waals surface area (Å²) < 4.78 is 0. The van der Waals surface area contributed by atoms with Gasteiger partial charge in [-0.05, 0) is 36.4 Å². The fourth-order valence-electron chi connectivity index (χ4n) is 4.23. The number of rotatable bonds is 1. The van der Waals surface area contributed by atoms with Crippen LogP contribution in [0, 0.1) is 12.1 Å². The van der Waals surface area contributed by atoms with Crippen molar-refractivity contribution in [3.63, 3.8) is 0 Å². The van der Waals surface area contributed by atoms with Gasteiger partial charge in [0.05, 0.1) is 28.0 Å². The summed E-state index contributed by atoms with van der Waals surface area (Å²) in [5, 5.41) is 1.08. The van der Waals surface area contributed by atoms with E-state index in [0.717, 1.165) is 33.7 Å². The fourth-order valence-corrected chi connectivity index (χ4v) is 4.23. The highest BCUT2D eigenvalue weighted by Gasteiger charge is 2.28. The summed E-state index contributed by atoms with van der Waals surface area (Å²) in [6, 6.07) is 38.2. The molecule has 2 heterocycles. The minimum atomic E-state index is 1.08. The van der Waals surface area contributed by atoms with Crippen LogP contribution in [0.1, 0.15) is 0 Å². The Labute approximate surface area is 163 Å². The molecule has 0 unspecified atom stereocenters. The van der Waals surface area contributed by atoms with Crippen molar-refractivity contribution < 1.29 is 0 Å². The molecule has 1 N–H and O–H groups in total. The first-order valence-electron chi connectivity index (χ1n) is 9.40. The van der Waals surface area contributed by atoms with Crippen molar-refractivity contribution in [2.75, 3.05) is 4.90 Å². The largest absolute Gasteiger partial charge is 0.353 e. The molecule has 1 aliphatic heterocycles. The SMILES string of the molecule is c1ccc2[nH]c3c(c2c#1)-c1ccccc1N(c1ccccc1)c1ccccc1-3. The number of fused-ring (bicyclic) bond motifs is 7. The van der Waals surface area contributed by atoms with Gasteiger partial charge in [-0.15, -0.1) is 0 Å². The molecule has 0 saturated carbocycles. The minimum absolute atomic E-state index is 1.08. The van der Waals surface area contributed by atoms with Crippen LogP contribution in [-0.2, 0) is 0 Å². The molecule has 0 bridgehead atoms. The second-order valence-corrected chi connectivity index (χ2v) is 6.97. The number of nitrogens with zero attached hydrogens (tertiary/aromatic N) is 1. The monoisotopic (exact) mass is 356 g/mol.